The van der Waals surface area contributed by atoms with E-state index in [4.69, 9.17) is 0 Å². The zero-order valence-electron chi connectivity index (χ0n) is 10.6. The van der Waals surface area contributed by atoms with Gasteiger partial charge in [0.15, 0.2) is 0 Å². The molecule has 0 radical (unpaired) electrons. The summed E-state index contributed by atoms with van der Waals surface area (Å²) < 4.78 is 35.8. The number of fused-ring (bicyclic) bond motifs is 1. The normalized spacial score (nSPS) is 21.6. The number of hydrogen-bond donors (Lipinski definition) is 3. The Morgan fingerprint density at radius 2 is 2.05 bits per heavy atom. The molecule has 1 aliphatic carbocycles. The molecule has 0 unspecified atom stereocenters. The van der Waals surface area contributed by atoms with Gasteiger partial charge in [-0.1, -0.05) is 24.3 Å². The largest absolute Gasteiger partial charge is 0.401 e. The number of carbonyl (C=O) groups excluding carboxylic acids is 1. The topological polar surface area (TPSA) is 61.4 Å². The second-order valence-corrected chi connectivity index (χ2v) is 4.73. The fraction of sp³-hybridized carbons (Fsp3) is 0.462. The van der Waals surface area contributed by atoms with Crippen LogP contribution in [0.3, 0.4) is 0 Å². The van der Waals surface area contributed by atoms with Crippen molar-refractivity contribution in [2.24, 2.45) is 0 Å². The van der Waals surface area contributed by atoms with E-state index in [-0.39, 0.29) is 0 Å². The van der Waals surface area contributed by atoms with Gasteiger partial charge in [0.2, 0.25) is 5.91 Å². The number of rotatable bonds is 4. The molecule has 0 saturated heterocycles. The van der Waals surface area contributed by atoms with Gasteiger partial charge in [0.05, 0.1) is 25.2 Å². The quantitative estimate of drug-likeness (QED) is 0.772. The smallest absolute Gasteiger partial charge is 0.390 e. The van der Waals surface area contributed by atoms with Crippen LogP contribution in [-0.2, 0) is 11.2 Å². The Hall–Kier alpha value is -1.60. The van der Waals surface area contributed by atoms with Gasteiger partial charge in [-0.25, -0.2) is 0 Å². The first kappa shape index (κ1) is 14.8. The standard InChI is InChI=1S/C13H15F3N2O2/c14-13(15,16)7-17-6-11(20)18-12-9-4-2-1-3-8(9)5-10(12)19/h1-4,10,12,17,19H,5-7H2,(H,18,20)/t10-,12+/m1/s1. The van der Waals surface area contributed by atoms with E-state index < -0.39 is 37.3 Å². The first-order chi connectivity index (χ1) is 9.37. The summed E-state index contributed by atoms with van der Waals surface area (Å²) in [5.74, 6) is -0.574. The summed E-state index contributed by atoms with van der Waals surface area (Å²) in [5.41, 5.74) is 1.75. The zero-order chi connectivity index (χ0) is 14.8. The van der Waals surface area contributed by atoms with Gasteiger partial charge in [-0.3, -0.25) is 4.79 Å². The minimum absolute atomic E-state index is 0.428. The van der Waals surface area contributed by atoms with Crippen molar-refractivity contribution < 1.29 is 23.1 Å². The average molecular weight is 288 g/mol. The Labute approximate surface area is 114 Å². The Morgan fingerprint density at radius 1 is 1.35 bits per heavy atom. The highest BCUT2D eigenvalue weighted by atomic mass is 19.4. The number of nitrogens with one attached hydrogen (secondary N) is 2. The van der Waals surface area contributed by atoms with Gasteiger partial charge < -0.3 is 15.7 Å². The van der Waals surface area contributed by atoms with Crippen molar-refractivity contribution in [1.29, 1.82) is 0 Å². The van der Waals surface area contributed by atoms with Crippen LogP contribution in [0.15, 0.2) is 24.3 Å². The van der Waals surface area contributed by atoms with E-state index in [0.717, 1.165) is 11.1 Å². The average Bonchev–Trinajstić information content (AvgIpc) is 2.64. The molecule has 110 valence electrons. The van der Waals surface area contributed by atoms with Gasteiger partial charge in [-0.05, 0) is 11.1 Å². The van der Waals surface area contributed by atoms with Crippen LogP contribution in [0.2, 0.25) is 0 Å². The lowest BCUT2D eigenvalue weighted by Crippen LogP contribution is -2.41. The summed E-state index contributed by atoms with van der Waals surface area (Å²) in [4.78, 5) is 11.6. The molecule has 0 bridgehead atoms. The molecule has 2 atom stereocenters. The number of benzene rings is 1. The predicted molar refractivity (Wildman–Crippen MR) is 66.0 cm³/mol. The molecule has 0 aromatic heterocycles. The molecular weight excluding hydrogens is 273 g/mol. The predicted octanol–water partition coefficient (Wildman–Crippen LogP) is 0.913. The van der Waals surface area contributed by atoms with Crippen LogP contribution in [0.25, 0.3) is 0 Å². The van der Waals surface area contributed by atoms with Crippen LogP contribution in [-0.4, -0.2) is 36.4 Å². The maximum Gasteiger partial charge on any atom is 0.401 e. The molecule has 1 amide bonds. The summed E-state index contributed by atoms with van der Waals surface area (Å²) in [6.45, 7) is -1.66. The van der Waals surface area contributed by atoms with Gasteiger partial charge in [-0.15, -0.1) is 0 Å². The number of aliphatic hydroxyl groups excluding tert-OH is 1. The highest BCUT2D eigenvalue weighted by Crippen LogP contribution is 2.30. The van der Waals surface area contributed by atoms with Crippen LogP contribution in [0.1, 0.15) is 17.2 Å². The molecule has 0 spiro atoms. The molecule has 3 N–H and O–H groups in total. The van der Waals surface area contributed by atoms with E-state index in [0.29, 0.717) is 6.42 Å². The molecule has 20 heavy (non-hydrogen) atoms. The first-order valence-electron chi connectivity index (χ1n) is 6.19. The molecule has 1 aliphatic rings. The lowest BCUT2D eigenvalue weighted by atomic mass is 10.1. The van der Waals surface area contributed by atoms with E-state index >= 15 is 0 Å². The maximum atomic E-state index is 11.9. The highest BCUT2D eigenvalue weighted by molar-refractivity contribution is 5.78. The fourth-order valence-corrected chi connectivity index (χ4v) is 2.29. The van der Waals surface area contributed by atoms with Gasteiger partial charge in [0.1, 0.15) is 0 Å². The molecule has 2 rings (SSSR count). The molecule has 7 heteroatoms. The Bertz CT molecular complexity index is 491. The highest BCUT2D eigenvalue weighted by Gasteiger charge is 2.32. The van der Waals surface area contributed by atoms with Crippen molar-refractivity contribution >= 4 is 5.91 Å². The van der Waals surface area contributed by atoms with Crippen LogP contribution in [0, 0.1) is 0 Å². The molecule has 0 saturated carbocycles. The number of aliphatic hydroxyl groups is 1. The van der Waals surface area contributed by atoms with E-state index in [2.05, 4.69) is 5.32 Å². The summed E-state index contributed by atoms with van der Waals surface area (Å²) in [5, 5.41) is 14.5. The van der Waals surface area contributed by atoms with Crippen molar-refractivity contribution in [3.05, 3.63) is 35.4 Å². The third-order valence-electron chi connectivity index (χ3n) is 3.13. The maximum absolute atomic E-state index is 11.9. The summed E-state index contributed by atoms with van der Waals surface area (Å²) in [7, 11) is 0. The monoisotopic (exact) mass is 288 g/mol. The van der Waals surface area contributed by atoms with Crippen LogP contribution in [0.4, 0.5) is 13.2 Å². The number of halogens is 3. The van der Waals surface area contributed by atoms with Crippen molar-refractivity contribution in [1.82, 2.24) is 10.6 Å². The molecule has 1 aromatic carbocycles. The lowest BCUT2D eigenvalue weighted by Gasteiger charge is -2.18. The summed E-state index contributed by atoms with van der Waals surface area (Å²) >= 11 is 0. The Kier molecular flexibility index (Phi) is 4.29. The number of amides is 1. The fourth-order valence-electron chi connectivity index (χ4n) is 2.29. The number of carbonyl (C=O) groups is 1. The van der Waals surface area contributed by atoms with Crippen LogP contribution >= 0.6 is 0 Å². The summed E-state index contributed by atoms with van der Waals surface area (Å²) in [6.07, 6.45) is -4.67. The van der Waals surface area contributed by atoms with Gasteiger partial charge in [0, 0.05) is 6.42 Å². The van der Waals surface area contributed by atoms with Gasteiger partial charge in [0.25, 0.3) is 0 Å². The van der Waals surface area contributed by atoms with Crippen molar-refractivity contribution in [3.8, 4) is 0 Å². The molecule has 0 heterocycles. The molecule has 0 aliphatic heterocycles. The molecule has 1 aromatic rings. The lowest BCUT2D eigenvalue weighted by molar-refractivity contribution is -0.129. The van der Waals surface area contributed by atoms with Crippen molar-refractivity contribution in [2.45, 2.75) is 24.7 Å². The Morgan fingerprint density at radius 3 is 2.75 bits per heavy atom. The van der Waals surface area contributed by atoms with E-state index in [1.54, 1.807) is 12.1 Å². The van der Waals surface area contributed by atoms with E-state index in [1.807, 2.05) is 17.4 Å². The second-order valence-electron chi connectivity index (χ2n) is 4.73. The van der Waals surface area contributed by atoms with Gasteiger partial charge in [-0.2, -0.15) is 13.2 Å². The summed E-state index contributed by atoms with van der Waals surface area (Å²) in [6, 6.07) is 6.71. The third-order valence-corrected chi connectivity index (χ3v) is 3.13. The molecule has 4 nitrogen and oxygen atoms in total. The van der Waals surface area contributed by atoms with Gasteiger partial charge >= 0.3 is 6.18 Å². The van der Waals surface area contributed by atoms with Crippen LogP contribution in [0.5, 0.6) is 0 Å². The van der Waals surface area contributed by atoms with Crippen molar-refractivity contribution in [2.75, 3.05) is 13.1 Å². The molecular formula is C13H15F3N2O2. The first-order valence-corrected chi connectivity index (χ1v) is 6.19. The number of alkyl halides is 3. The minimum atomic E-state index is -4.35. The molecule has 0 fully saturated rings. The second kappa shape index (κ2) is 5.80. The SMILES string of the molecule is O=C(CNCC(F)(F)F)N[C@H]1c2ccccc2C[C@H]1O. The van der Waals surface area contributed by atoms with E-state index in [1.165, 1.54) is 0 Å². The zero-order valence-corrected chi connectivity index (χ0v) is 10.6. The third kappa shape index (κ3) is 3.71. The van der Waals surface area contributed by atoms with E-state index in [9.17, 15) is 23.1 Å². The van der Waals surface area contributed by atoms with Crippen LogP contribution < -0.4 is 10.6 Å². The number of hydrogen-bond acceptors (Lipinski definition) is 3. The van der Waals surface area contributed by atoms with Crippen molar-refractivity contribution in [3.63, 3.8) is 0 Å². The minimum Gasteiger partial charge on any atom is -0.390 e. The Balaban J connectivity index is 1.89.